The summed E-state index contributed by atoms with van der Waals surface area (Å²) in [5.41, 5.74) is 1.95. The first-order valence-corrected chi connectivity index (χ1v) is 8.88. The molecular formula is C18H19BrN2O3S. The Morgan fingerprint density at radius 3 is 2.52 bits per heavy atom. The van der Waals surface area contributed by atoms with Gasteiger partial charge in [0.25, 0.3) is 5.91 Å². The van der Waals surface area contributed by atoms with Crippen molar-refractivity contribution in [2.45, 2.75) is 13.3 Å². The monoisotopic (exact) mass is 422 g/mol. The van der Waals surface area contributed by atoms with Gasteiger partial charge in [-0.25, -0.2) is 0 Å². The van der Waals surface area contributed by atoms with Crippen LogP contribution in [0.5, 0.6) is 11.5 Å². The van der Waals surface area contributed by atoms with Gasteiger partial charge in [0.2, 0.25) is 0 Å². The second-order valence-electron chi connectivity index (χ2n) is 5.14. The third-order valence-corrected chi connectivity index (χ3v) is 4.19. The molecule has 5 nitrogen and oxygen atoms in total. The van der Waals surface area contributed by atoms with E-state index < -0.39 is 0 Å². The maximum absolute atomic E-state index is 11.9. The van der Waals surface area contributed by atoms with Crippen molar-refractivity contribution in [2.24, 2.45) is 0 Å². The number of carbonyl (C=O) groups is 1. The molecule has 0 spiro atoms. The molecule has 0 saturated carbocycles. The summed E-state index contributed by atoms with van der Waals surface area (Å²) in [6.45, 7) is 1.97. The van der Waals surface area contributed by atoms with Crippen molar-refractivity contribution in [3.8, 4) is 11.5 Å². The lowest BCUT2D eigenvalue weighted by Crippen LogP contribution is -2.37. The minimum Gasteiger partial charge on any atom is -0.496 e. The van der Waals surface area contributed by atoms with Crippen LogP contribution in [-0.2, 0) is 11.2 Å². The molecule has 0 radical (unpaired) electrons. The van der Waals surface area contributed by atoms with Gasteiger partial charge in [-0.15, -0.1) is 0 Å². The van der Waals surface area contributed by atoms with E-state index in [2.05, 4.69) is 33.5 Å². The van der Waals surface area contributed by atoms with Gasteiger partial charge in [-0.1, -0.05) is 19.1 Å². The topological polar surface area (TPSA) is 59.6 Å². The third kappa shape index (κ3) is 6.03. The zero-order chi connectivity index (χ0) is 18.2. The van der Waals surface area contributed by atoms with Crippen LogP contribution in [0.2, 0.25) is 0 Å². The molecule has 1 amide bonds. The van der Waals surface area contributed by atoms with Crippen molar-refractivity contribution in [1.29, 1.82) is 0 Å². The number of methoxy groups -OCH3 is 1. The van der Waals surface area contributed by atoms with Gasteiger partial charge >= 0.3 is 0 Å². The van der Waals surface area contributed by atoms with Crippen molar-refractivity contribution < 1.29 is 14.3 Å². The molecule has 0 aromatic heterocycles. The van der Waals surface area contributed by atoms with Crippen LogP contribution in [0.1, 0.15) is 12.5 Å². The maximum Gasteiger partial charge on any atom is 0.264 e. The Labute approximate surface area is 160 Å². The van der Waals surface area contributed by atoms with E-state index in [0.717, 1.165) is 16.6 Å². The fourth-order valence-electron chi connectivity index (χ4n) is 2.04. The van der Waals surface area contributed by atoms with Gasteiger partial charge in [0, 0.05) is 5.69 Å². The second-order valence-corrected chi connectivity index (χ2v) is 6.40. The minimum absolute atomic E-state index is 0.112. The van der Waals surface area contributed by atoms with Gasteiger partial charge in [0.1, 0.15) is 11.5 Å². The van der Waals surface area contributed by atoms with Crippen LogP contribution < -0.4 is 20.1 Å². The molecule has 0 unspecified atom stereocenters. The van der Waals surface area contributed by atoms with Gasteiger partial charge in [-0.3, -0.25) is 10.1 Å². The molecule has 0 bridgehead atoms. The lowest BCUT2D eigenvalue weighted by Gasteiger charge is -2.12. The molecule has 2 aromatic rings. The number of rotatable bonds is 6. The number of carbonyl (C=O) groups excluding carboxylic acids is 1. The number of aryl methyl sites for hydroxylation is 1. The molecule has 0 fully saturated rings. The largest absolute Gasteiger partial charge is 0.496 e. The minimum atomic E-state index is -0.329. The molecule has 2 N–H and O–H groups in total. The van der Waals surface area contributed by atoms with E-state index >= 15 is 0 Å². The highest BCUT2D eigenvalue weighted by atomic mass is 79.9. The number of anilines is 1. The number of thiocarbonyl (C=S) groups is 1. The molecule has 0 aliphatic carbocycles. The summed E-state index contributed by atoms with van der Waals surface area (Å²) < 4.78 is 11.4. The summed E-state index contributed by atoms with van der Waals surface area (Å²) in [6, 6.07) is 13.0. The van der Waals surface area contributed by atoms with Crippen molar-refractivity contribution in [3.05, 3.63) is 52.5 Å². The Hall–Kier alpha value is -2.12. The van der Waals surface area contributed by atoms with Crippen LogP contribution >= 0.6 is 28.1 Å². The van der Waals surface area contributed by atoms with Crippen molar-refractivity contribution in [1.82, 2.24) is 5.32 Å². The Kier molecular flexibility index (Phi) is 7.21. The first kappa shape index (κ1) is 19.2. The Morgan fingerprint density at radius 2 is 1.92 bits per heavy atom. The summed E-state index contributed by atoms with van der Waals surface area (Å²) in [4.78, 5) is 11.9. The van der Waals surface area contributed by atoms with Crippen LogP contribution in [0.4, 0.5) is 5.69 Å². The first-order chi connectivity index (χ1) is 12.0. The zero-order valence-corrected chi connectivity index (χ0v) is 16.4. The summed E-state index contributed by atoms with van der Waals surface area (Å²) in [5.74, 6) is 1.03. The summed E-state index contributed by atoms with van der Waals surface area (Å²) >= 11 is 8.53. The van der Waals surface area contributed by atoms with E-state index in [4.69, 9.17) is 21.7 Å². The van der Waals surface area contributed by atoms with Gasteiger partial charge < -0.3 is 14.8 Å². The average molecular weight is 423 g/mol. The Balaban J connectivity index is 1.81. The van der Waals surface area contributed by atoms with Crippen LogP contribution in [0.3, 0.4) is 0 Å². The van der Waals surface area contributed by atoms with Crippen LogP contribution in [0.15, 0.2) is 46.9 Å². The summed E-state index contributed by atoms with van der Waals surface area (Å²) in [7, 11) is 1.59. The molecular weight excluding hydrogens is 404 g/mol. The smallest absolute Gasteiger partial charge is 0.264 e. The number of benzene rings is 2. The van der Waals surface area contributed by atoms with Gasteiger partial charge in [-0.05, 0) is 70.5 Å². The Morgan fingerprint density at radius 1 is 1.20 bits per heavy atom. The normalized spacial score (nSPS) is 10.0. The number of halogens is 1. The summed E-state index contributed by atoms with van der Waals surface area (Å²) in [5, 5.41) is 5.72. The third-order valence-electron chi connectivity index (χ3n) is 3.36. The van der Waals surface area contributed by atoms with E-state index in [1.165, 1.54) is 5.56 Å². The van der Waals surface area contributed by atoms with E-state index in [1.807, 2.05) is 30.3 Å². The van der Waals surface area contributed by atoms with Gasteiger partial charge in [0.15, 0.2) is 11.7 Å². The van der Waals surface area contributed by atoms with Crippen molar-refractivity contribution in [2.75, 3.05) is 19.0 Å². The van der Waals surface area contributed by atoms with Crippen LogP contribution in [-0.4, -0.2) is 24.7 Å². The van der Waals surface area contributed by atoms with Gasteiger partial charge in [-0.2, -0.15) is 0 Å². The van der Waals surface area contributed by atoms with Crippen LogP contribution in [0.25, 0.3) is 0 Å². The fraction of sp³-hybridized carbons (Fsp3) is 0.222. The van der Waals surface area contributed by atoms with E-state index in [-0.39, 0.29) is 17.6 Å². The average Bonchev–Trinajstić information content (AvgIpc) is 2.60. The quantitative estimate of drug-likeness (QED) is 0.690. The molecule has 0 saturated heterocycles. The first-order valence-electron chi connectivity index (χ1n) is 7.68. The SMILES string of the molecule is CCc1ccc(OCC(=O)NC(=S)Nc2ccc(OC)c(Br)c2)cc1. The molecule has 2 rings (SSSR count). The molecule has 0 aliphatic rings. The number of hydrogen-bond donors (Lipinski definition) is 2. The van der Waals surface area contributed by atoms with Crippen LogP contribution in [0, 0.1) is 0 Å². The lowest BCUT2D eigenvalue weighted by atomic mass is 10.2. The van der Waals surface area contributed by atoms with E-state index in [0.29, 0.717) is 11.5 Å². The summed E-state index contributed by atoms with van der Waals surface area (Å²) in [6.07, 6.45) is 0.960. The second kappa shape index (κ2) is 9.39. The molecule has 25 heavy (non-hydrogen) atoms. The number of nitrogens with one attached hydrogen (secondary N) is 2. The molecule has 0 aliphatic heterocycles. The highest BCUT2D eigenvalue weighted by Gasteiger charge is 2.07. The number of hydrogen-bond acceptors (Lipinski definition) is 4. The molecule has 132 valence electrons. The standard InChI is InChI=1S/C18H19BrN2O3S/c1-3-12-4-7-14(8-5-12)24-11-17(22)21-18(25)20-13-6-9-16(23-2)15(19)10-13/h4-10H,3,11H2,1-2H3,(H2,20,21,22,25). The maximum atomic E-state index is 11.9. The number of amides is 1. The molecule has 0 atom stereocenters. The fourth-order valence-corrected chi connectivity index (χ4v) is 2.81. The highest BCUT2D eigenvalue weighted by Crippen LogP contribution is 2.27. The van der Waals surface area contributed by atoms with E-state index in [1.54, 1.807) is 19.2 Å². The van der Waals surface area contributed by atoms with Crippen molar-refractivity contribution in [3.63, 3.8) is 0 Å². The predicted octanol–water partition coefficient (Wildman–Crippen LogP) is 3.91. The molecule has 7 heteroatoms. The van der Waals surface area contributed by atoms with Gasteiger partial charge in [0.05, 0.1) is 11.6 Å². The molecule has 2 aromatic carbocycles. The Bertz CT molecular complexity index is 750. The van der Waals surface area contributed by atoms with Crippen molar-refractivity contribution >= 4 is 44.9 Å². The van der Waals surface area contributed by atoms with E-state index in [9.17, 15) is 4.79 Å². The lowest BCUT2D eigenvalue weighted by molar-refractivity contribution is -0.121. The molecule has 0 heterocycles. The highest BCUT2D eigenvalue weighted by molar-refractivity contribution is 9.10. The predicted molar refractivity (Wildman–Crippen MR) is 106 cm³/mol. The number of ether oxygens (including phenoxy) is 2. The zero-order valence-electron chi connectivity index (χ0n) is 14.0.